The Balaban J connectivity index is 1.98. The van der Waals surface area contributed by atoms with E-state index in [-0.39, 0.29) is 5.91 Å². The maximum absolute atomic E-state index is 11.0. The van der Waals surface area contributed by atoms with Crippen LogP contribution in [0.4, 0.5) is 0 Å². The van der Waals surface area contributed by atoms with Crippen LogP contribution < -0.4 is 11.3 Å². The maximum atomic E-state index is 11.0. The van der Waals surface area contributed by atoms with Gasteiger partial charge < -0.3 is 4.57 Å². The summed E-state index contributed by atoms with van der Waals surface area (Å²) in [6.07, 6.45) is 4.18. The summed E-state index contributed by atoms with van der Waals surface area (Å²) in [5.74, 6) is 4.89. The number of aromatic nitrogens is 1. The van der Waals surface area contributed by atoms with E-state index in [1.807, 2.05) is 30.5 Å². The molecule has 0 saturated carbocycles. The van der Waals surface area contributed by atoms with Gasteiger partial charge in [-0.05, 0) is 37.1 Å². The second kappa shape index (κ2) is 6.03. The van der Waals surface area contributed by atoms with Gasteiger partial charge in [-0.25, -0.2) is 5.84 Å². The van der Waals surface area contributed by atoms with E-state index >= 15 is 0 Å². The Morgan fingerprint density at radius 1 is 1.37 bits per heavy atom. The third-order valence-corrected chi connectivity index (χ3v) is 3.11. The molecule has 5 nitrogen and oxygen atoms in total. The zero-order valence-corrected chi connectivity index (χ0v) is 10.6. The number of benzene rings is 1. The highest BCUT2D eigenvalue weighted by Crippen LogP contribution is 2.18. The third-order valence-electron chi connectivity index (χ3n) is 3.11. The van der Waals surface area contributed by atoms with Crippen molar-refractivity contribution < 1.29 is 4.79 Å². The minimum atomic E-state index is -0.129. The van der Waals surface area contributed by atoms with Gasteiger partial charge in [-0.2, -0.15) is 5.26 Å². The van der Waals surface area contributed by atoms with E-state index < -0.39 is 0 Å². The van der Waals surface area contributed by atoms with Gasteiger partial charge in [0.2, 0.25) is 5.91 Å². The molecule has 0 bridgehead atoms. The number of hydrogen-bond acceptors (Lipinski definition) is 3. The summed E-state index contributed by atoms with van der Waals surface area (Å²) in [4.78, 5) is 11.0. The van der Waals surface area contributed by atoms with E-state index in [1.54, 1.807) is 0 Å². The number of rotatable bonds is 5. The fourth-order valence-electron chi connectivity index (χ4n) is 2.10. The van der Waals surface area contributed by atoms with E-state index in [1.165, 1.54) is 0 Å². The minimum absolute atomic E-state index is 0.129. The van der Waals surface area contributed by atoms with E-state index in [0.717, 1.165) is 30.3 Å². The molecule has 19 heavy (non-hydrogen) atoms. The third kappa shape index (κ3) is 3.12. The lowest BCUT2D eigenvalue weighted by Gasteiger charge is -2.05. The van der Waals surface area contributed by atoms with Gasteiger partial charge in [0.05, 0.1) is 11.6 Å². The molecule has 0 aliphatic rings. The summed E-state index contributed by atoms with van der Waals surface area (Å²) in [5, 5.41) is 9.92. The van der Waals surface area contributed by atoms with Crippen LogP contribution in [0.1, 0.15) is 24.8 Å². The standard InChI is InChI=1S/C14H16N4O/c15-10-11-4-5-13-12(9-11)6-8-18(13)7-2-1-3-14(19)17-16/h4-6,8-9H,1-3,7,16H2,(H,17,19). The van der Waals surface area contributed by atoms with E-state index in [9.17, 15) is 4.79 Å². The van der Waals surface area contributed by atoms with Crippen LogP contribution in [-0.4, -0.2) is 10.5 Å². The van der Waals surface area contributed by atoms with Crippen molar-refractivity contribution in [3.05, 3.63) is 36.0 Å². The van der Waals surface area contributed by atoms with Crippen LogP contribution in [0.15, 0.2) is 30.5 Å². The molecule has 2 aromatic rings. The van der Waals surface area contributed by atoms with Gasteiger partial charge in [0.25, 0.3) is 0 Å². The van der Waals surface area contributed by atoms with Crippen molar-refractivity contribution >= 4 is 16.8 Å². The van der Waals surface area contributed by atoms with Crippen molar-refractivity contribution in [2.75, 3.05) is 0 Å². The van der Waals surface area contributed by atoms with Crippen molar-refractivity contribution in [3.63, 3.8) is 0 Å². The molecule has 2 rings (SSSR count). The summed E-state index contributed by atoms with van der Waals surface area (Å²) in [5.41, 5.74) is 3.91. The number of hydrogen-bond donors (Lipinski definition) is 2. The van der Waals surface area contributed by atoms with Gasteiger partial charge in [-0.1, -0.05) is 0 Å². The van der Waals surface area contributed by atoms with Gasteiger partial charge in [0, 0.05) is 30.1 Å². The lowest BCUT2D eigenvalue weighted by molar-refractivity contribution is -0.121. The van der Waals surface area contributed by atoms with Gasteiger partial charge in [0.1, 0.15) is 0 Å². The highest BCUT2D eigenvalue weighted by molar-refractivity contribution is 5.81. The molecule has 1 heterocycles. The second-order valence-electron chi connectivity index (χ2n) is 4.42. The Bertz CT molecular complexity index is 624. The van der Waals surface area contributed by atoms with Crippen LogP contribution in [0.25, 0.3) is 10.9 Å². The Hall–Kier alpha value is -2.32. The molecule has 0 atom stereocenters. The largest absolute Gasteiger partial charge is 0.347 e. The molecule has 0 radical (unpaired) electrons. The van der Waals surface area contributed by atoms with Crippen molar-refractivity contribution in [1.29, 1.82) is 5.26 Å². The van der Waals surface area contributed by atoms with Crippen LogP contribution in [0, 0.1) is 11.3 Å². The number of nitrogens with zero attached hydrogens (tertiary/aromatic N) is 2. The summed E-state index contributed by atoms with van der Waals surface area (Å²) in [6, 6.07) is 9.80. The van der Waals surface area contributed by atoms with Crippen molar-refractivity contribution in [1.82, 2.24) is 9.99 Å². The summed E-state index contributed by atoms with van der Waals surface area (Å²) < 4.78 is 2.14. The lowest BCUT2D eigenvalue weighted by atomic mass is 10.2. The molecule has 1 aromatic carbocycles. The first-order chi connectivity index (χ1) is 9.24. The normalized spacial score (nSPS) is 10.3. The predicted molar refractivity (Wildman–Crippen MR) is 72.8 cm³/mol. The van der Waals surface area contributed by atoms with Crippen LogP contribution in [-0.2, 0) is 11.3 Å². The fourth-order valence-corrected chi connectivity index (χ4v) is 2.10. The second-order valence-corrected chi connectivity index (χ2v) is 4.42. The van der Waals surface area contributed by atoms with Crippen LogP contribution in [0.3, 0.4) is 0 Å². The number of aryl methyl sites for hydroxylation is 1. The van der Waals surface area contributed by atoms with E-state index in [2.05, 4.69) is 16.1 Å². The first-order valence-corrected chi connectivity index (χ1v) is 6.23. The average Bonchev–Trinajstić information content (AvgIpc) is 2.85. The number of nitrogens with two attached hydrogens (primary N) is 1. The molecular weight excluding hydrogens is 240 g/mol. The number of carbonyl (C=O) groups is 1. The van der Waals surface area contributed by atoms with E-state index in [4.69, 9.17) is 11.1 Å². The minimum Gasteiger partial charge on any atom is -0.347 e. The zero-order chi connectivity index (χ0) is 13.7. The van der Waals surface area contributed by atoms with Crippen LogP contribution in [0.2, 0.25) is 0 Å². The molecule has 1 aromatic heterocycles. The summed E-state index contributed by atoms with van der Waals surface area (Å²) in [7, 11) is 0. The molecule has 0 unspecified atom stereocenters. The highest BCUT2D eigenvalue weighted by atomic mass is 16.2. The van der Waals surface area contributed by atoms with E-state index in [0.29, 0.717) is 12.0 Å². The SMILES string of the molecule is N#Cc1ccc2c(ccn2CCCCC(=O)NN)c1. The average molecular weight is 256 g/mol. The van der Waals surface area contributed by atoms with Gasteiger partial charge in [0.15, 0.2) is 0 Å². The molecule has 0 fully saturated rings. The number of nitrogens with one attached hydrogen (secondary N) is 1. The molecule has 98 valence electrons. The number of carbonyl (C=O) groups excluding carboxylic acids is 1. The smallest absolute Gasteiger partial charge is 0.233 e. The van der Waals surface area contributed by atoms with Crippen LogP contribution in [0.5, 0.6) is 0 Å². The molecule has 3 N–H and O–H groups in total. The predicted octanol–water partition coefficient (Wildman–Crippen LogP) is 1.67. The fraction of sp³-hybridized carbons (Fsp3) is 0.286. The lowest BCUT2D eigenvalue weighted by Crippen LogP contribution is -2.29. The highest BCUT2D eigenvalue weighted by Gasteiger charge is 2.03. The molecular formula is C14H16N4O. The van der Waals surface area contributed by atoms with Crippen molar-refractivity contribution in [3.8, 4) is 6.07 Å². The Labute approximate surface area is 111 Å². The summed E-state index contributed by atoms with van der Waals surface area (Å²) in [6.45, 7) is 0.854. The first kappa shape index (κ1) is 13.1. The van der Waals surface area contributed by atoms with Crippen LogP contribution >= 0.6 is 0 Å². The summed E-state index contributed by atoms with van der Waals surface area (Å²) >= 11 is 0. The monoisotopic (exact) mass is 256 g/mol. The maximum Gasteiger partial charge on any atom is 0.233 e. The van der Waals surface area contributed by atoms with Gasteiger partial charge in [-0.3, -0.25) is 10.2 Å². The van der Waals surface area contributed by atoms with Crippen molar-refractivity contribution in [2.45, 2.75) is 25.8 Å². The first-order valence-electron chi connectivity index (χ1n) is 6.23. The molecule has 0 spiro atoms. The molecule has 1 amide bonds. The molecule has 0 aliphatic heterocycles. The Morgan fingerprint density at radius 3 is 2.95 bits per heavy atom. The topological polar surface area (TPSA) is 83.8 Å². The molecule has 0 saturated heterocycles. The number of hydrazine groups is 1. The van der Waals surface area contributed by atoms with Gasteiger partial charge in [-0.15, -0.1) is 0 Å². The Morgan fingerprint density at radius 2 is 2.21 bits per heavy atom. The molecule has 5 heteroatoms. The number of amides is 1. The molecule has 0 aliphatic carbocycles. The van der Waals surface area contributed by atoms with Gasteiger partial charge >= 0.3 is 0 Å². The number of unbranched alkanes of at least 4 members (excludes halogenated alkanes) is 1. The van der Waals surface area contributed by atoms with Crippen molar-refractivity contribution in [2.24, 2.45) is 5.84 Å². The zero-order valence-electron chi connectivity index (χ0n) is 10.6. The quantitative estimate of drug-likeness (QED) is 0.369. The number of fused-ring (bicyclic) bond motifs is 1. The Kier molecular flexibility index (Phi) is 4.16. The number of nitriles is 1.